The number of benzene rings is 1. The van der Waals surface area contributed by atoms with Crippen molar-refractivity contribution in [2.45, 2.75) is 51.0 Å². The van der Waals surface area contributed by atoms with Crippen LogP contribution < -0.4 is 9.47 Å². The summed E-state index contributed by atoms with van der Waals surface area (Å²) in [6.07, 6.45) is 6.82. The number of ether oxygens (including phenoxy) is 3. The van der Waals surface area contributed by atoms with E-state index in [1.165, 1.54) is 26.4 Å². The molecule has 0 spiro atoms. The van der Waals surface area contributed by atoms with Crippen molar-refractivity contribution in [3.8, 4) is 11.5 Å². The van der Waals surface area contributed by atoms with E-state index in [9.17, 15) is 9.59 Å². The lowest BCUT2D eigenvalue weighted by Crippen LogP contribution is -2.50. The number of cyclic esters (lactones) is 1. The van der Waals surface area contributed by atoms with Crippen LogP contribution in [0.2, 0.25) is 0 Å². The fraction of sp³-hybridized carbons (Fsp3) is 0.636. The van der Waals surface area contributed by atoms with Crippen molar-refractivity contribution in [1.82, 2.24) is 0 Å². The van der Waals surface area contributed by atoms with Crippen molar-refractivity contribution in [3.05, 3.63) is 23.3 Å². The molecule has 5 nitrogen and oxygen atoms in total. The fourth-order valence-electron chi connectivity index (χ4n) is 6.66. The first-order chi connectivity index (χ1) is 13.0. The Morgan fingerprint density at radius 3 is 2.26 bits per heavy atom. The molecule has 1 aromatic rings. The fourth-order valence-corrected chi connectivity index (χ4v) is 6.66. The second-order valence-corrected chi connectivity index (χ2v) is 8.98. The Labute approximate surface area is 159 Å². The van der Waals surface area contributed by atoms with Crippen LogP contribution in [-0.2, 0) is 9.53 Å². The van der Waals surface area contributed by atoms with E-state index in [4.69, 9.17) is 14.2 Å². The number of esters is 1. The van der Waals surface area contributed by atoms with Crippen molar-refractivity contribution in [3.63, 3.8) is 0 Å². The molecule has 1 heterocycles. The van der Waals surface area contributed by atoms with Gasteiger partial charge in [-0.05, 0) is 62.3 Å². The normalized spacial score (nSPS) is 35.7. The molecule has 0 amide bonds. The van der Waals surface area contributed by atoms with Gasteiger partial charge in [-0.15, -0.1) is 0 Å². The molecule has 5 aliphatic rings. The van der Waals surface area contributed by atoms with E-state index in [1.54, 1.807) is 13.2 Å². The monoisotopic (exact) mass is 370 g/mol. The van der Waals surface area contributed by atoms with Gasteiger partial charge in [0.15, 0.2) is 11.5 Å². The summed E-state index contributed by atoms with van der Waals surface area (Å²) in [5, 5.41) is 0. The van der Waals surface area contributed by atoms with Crippen LogP contribution in [0, 0.1) is 23.2 Å². The number of hydrogen-bond donors (Lipinski definition) is 0. The van der Waals surface area contributed by atoms with Gasteiger partial charge < -0.3 is 14.2 Å². The molecule has 4 fully saturated rings. The smallest absolute Gasteiger partial charge is 0.343 e. The highest BCUT2D eigenvalue weighted by Crippen LogP contribution is 2.61. The number of carbonyl (C=O) groups is 2. The average molecular weight is 370 g/mol. The van der Waals surface area contributed by atoms with Gasteiger partial charge in [-0.25, -0.2) is 4.79 Å². The highest BCUT2D eigenvalue weighted by molar-refractivity contribution is 5.99. The highest BCUT2D eigenvalue weighted by Gasteiger charge is 2.55. The van der Waals surface area contributed by atoms with Gasteiger partial charge in [0.25, 0.3) is 0 Å². The minimum atomic E-state index is -0.507. The molecule has 0 radical (unpaired) electrons. The molecule has 6 rings (SSSR count). The summed E-state index contributed by atoms with van der Waals surface area (Å²) in [7, 11) is 3.05. The van der Waals surface area contributed by atoms with E-state index in [0.29, 0.717) is 22.8 Å². The topological polar surface area (TPSA) is 61.8 Å². The second-order valence-electron chi connectivity index (χ2n) is 8.98. The van der Waals surface area contributed by atoms with Gasteiger partial charge in [0, 0.05) is 17.4 Å². The lowest BCUT2D eigenvalue weighted by molar-refractivity contribution is -0.145. The number of Topliss-reactive ketones (excluding diaryl/α,β-unsaturated/α-hetero) is 1. The molecule has 27 heavy (non-hydrogen) atoms. The predicted octanol–water partition coefficient (Wildman–Crippen LogP) is 4.09. The summed E-state index contributed by atoms with van der Waals surface area (Å²) in [5.41, 5.74) is 0.983. The Morgan fingerprint density at radius 2 is 1.70 bits per heavy atom. The molecule has 0 unspecified atom stereocenters. The zero-order valence-electron chi connectivity index (χ0n) is 16.0. The Balaban J connectivity index is 1.42. The summed E-state index contributed by atoms with van der Waals surface area (Å²) in [6.45, 7) is 0. The van der Waals surface area contributed by atoms with E-state index in [0.717, 1.165) is 42.6 Å². The third kappa shape index (κ3) is 2.50. The SMILES string of the molecule is COc1ccc2c(c1OC)C(=O)O[C@@H]2CC(=O)C12CC3CC(CC(C3)C1)C2. The summed E-state index contributed by atoms with van der Waals surface area (Å²) < 4.78 is 16.3. The molecule has 0 aromatic heterocycles. The number of hydrogen-bond acceptors (Lipinski definition) is 5. The van der Waals surface area contributed by atoms with Crippen LogP contribution in [0.4, 0.5) is 0 Å². The minimum absolute atomic E-state index is 0.166. The zero-order chi connectivity index (χ0) is 18.8. The maximum absolute atomic E-state index is 13.4. The van der Waals surface area contributed by atoms with Gasteiger partial charge in [-0.2, -0.15) is 0 Å². The molecular weight excluding hydrogens is 344 g/mol. The first-order valence-electron chi connectivity index (χ1n) is 10.0. The summed E-state index contributed by atoms with van der Waals surface area (Å²) in [5.74, 6) is 2.94. The van der Waals surface area contributed by atoms with E-state index >= 15 is 0 Å². The Bertz CT molecular complexity index is 776. The van der Waals surface area contributed by atoms with Crippen LogP contribution in [-0.4, -0.2) is 26.0 Å². The predicted molar refractivity (Wildman–Crippen MR) is 97.9 cm³/mol. The number of fused-ring (bicyclic) bond motifs is 1. The molecule has 4 saturated carbocycles. The summed E-state index contributed by atoms with van der Waals surface area (Å²) >= 11 is 0. The number of rotatable bonds is 5. The molecule has 1 aromatic carbocycles. The van der Waals surface area contributed by atoms with E-state index < -0.39 is 12.1 Å². The van der Waals surface area contributed by atoms with Crippen LogP contribution in [0.25, 0.3) is 0 Å². The van der Waals surface area contributed by atoms with Crippen molar-refractivity contribution >= 4 is 11.8 Å². The Kier molecular flexibility index (Phi) is 3.78. The molecule has 4 aliphatic carbocycles. The molecule has 0 N–H and O–H groups in total. The number of carbonyl (C=O) groups excluding carboxylic acids is 2. The van der Waals surface area contributed by atoms with Crippen LogP contribution in [0.3, 0.4) is 0 Å². The average Bonchev–Trinajstić information content (AvgIpc) is 2.95. The van der Waals surface area contributed by atoms with Gasteiger partial charge in [-0.1, -0.05) is 6.07 Å². The Morgan fingerprint density at radius 1 is 1.07 bits per heavy atom. The quantitative estimate of drug-likeness (QED) is 0.731. The molecule has 144 valence electrons. The van der Waals surface area contributed by atoms with Crippen molar-refractivity contribution < 1.29 is 23.8 Å². The first kappa shape index (κ1) is 17.1. The number of methoxy groups -OCH3 is 2. The van der Waals surface area contributed by atoms with Gasteiger partial charge in [0.1, 0.15) is 17.5 Å². The van der Waals surface area contributed by atoms with Crippen LogP contribution in [0.1, 0.15) is 67.0 Å². The van der Waals surface area contributed by atoms with Crippen LogP contribution >= 0.6 is 0 Å². The largest absolute Gasteiger partial charge is 0.493 e. The third-order valence-electron chi connectivity index (χ3n) is 7.38. The standard InChI is InChI=1S/C22H26O5/c1-25-16-4-3-15-17(27-21(24)19(15)20(16)26-2)8-18(23)22-9-12-5-13(10-22)7-14(6-12)11-22/h3-4,12-14,17H,5-11H2,1-2H3/t12?,13?,14?,17-,22?/m1/s1. The van der Waals surface area contributed by atoms with E-state index in [-0.39, 0.29) is 11.8 Å². The molecule has 5 heteroatoms. The van der Waals surface area contributed by atoms with Crippen molar-refractivity contribution in [2.24, 2.45) is 23.2 Å². The second kappa shape index (κ2) is 5.98. The lowest BCUT2D eigenvalue weighted by Gasteiger charge is -2.56. The summed E-state index contributed by atoms with van der Waals surface area (Å²) in [6, 6.07) is 3.61. The molecule has 1 aliphatic heterocycles. The van der Waals surface area contributed by atoms with Crippen molar-refractivity contribution in [1.29, 1.82) is 0 Å². The van der Waals surface area contributed by atoms with Crippen LogP contribution in [0.5, 0.6) is 11.5 Å². The maximum atomic E-state index is 13.4. The molecule has 0 saturated heterocycles. The maximum Gasteiger partial charge on any atom is 0.343 e. The van der Waals surface area contributed by atoms with E-state index in [1.807, 2.05) is 6.07 Å². The molecular formula is C22H26O5. The Hall–Kier alpha value is -2.04. The molecule has 4 bridgehead atoms. The van der Waals surface area contributed by atoms with E-state index in [2.05, 4.69) is 0 Å². The zero-order valence-corrected chi connectivity index (χ0v) is 16.0. The lowest BCUT2D eigenvalue weighted by atomic mass is 9.48. The van der Waals surface area contributed by atoms with Gasteiger partial charge in [-0.3, -0.25) is 4.79 Å². The van der Waals surface area contributed by atoms with Crippen molar-refractivity contribution in [2.75, 3.05) is 14.2 Å². The molecule has 1 atom stereocenters. The van der Waals surface area contributed by atoms with Gasteiger partial charge in [0.05, 0.1) is 14.2 Å². The highest BCUT2D eigenvalue weighted by atomic mass is 16.6. The summed E-state index contributed by atoms with van der Waals surface area (Å²) in [4.78, 5) is 25.9. The van der Waals surface area contributed by atoms with Gasteiger partial charge >= 0.3 is 5.97 Å². The van der Waals surface area contributed by atoms with Crippen LogP contribution in [0.15, 0.2) is 12.1 Å². The van der Waals surface area contributed by atoms with Gasteiger partial charge in [0.2, 0.25) is 0 Å². The minimum Gasteiger partial charge on any atom is -0.493 e. The third-order valence-corrected chi connectivity index (χ3v) is 7.38. The first-order valence-corrected chi connectivity index (χ1v) is 10.0. The number of ketones is 1.